The maximum atomic E-state index is 13.1. The van der Waals surface area contributed by atoms with Crippen LogP contribution in [0, 0.1) is 0 Å². The molecule has 4 aromatic rings. The van der Waals surface area contributed by atoms with E-state index in [-0.39, 0.29) is 17.7 Å². The first-order chi connectivity index (χ1) is 17.1. The van der Waals surface area contributed by atoms with Gasteiger partial charge in [0.25, 0.3) is 11.1 Å². The van der Waals surface area contributed by atoms with Crippen molar-refractivity contribution in [1.82, 2.24) is 4.90 Å². The predicted octanol–water partition coefficient (Wildman–Crippen LogP) is 6.66. The number of rotatable bonds is 7. The zero-order valence-corrected chi connectivity index (χ0v) is 20.0. The lowest BCUT2D eigenvalue weighted by Gasteiger charge is -2.14. The van der Waals surface area contributed by atoms with Crippen LogP contribution in [0.25, 0.3) is 16.8 Å². The summed E-state index contributed by atoms with van der Waals surface area (Å²) in [5.74, 6) is 0.874. The highest BCUT2D eigenvalue weighted by molar-refractivity contribution is 8.18. The molecular weight excluding hydrogens is 458 g/mol. The highest BCUT2D eigenvalue weighted by Gasteiger charge is 2.35. The molecule has 174 valence electrons. The van der Waals surface area contributed by atoms with Gasteiger partial charge in [-0.2, -0.15) is 0 Å². The van der Waals surface area contributed by atoms with Crippen molar-refractivity contribution in [3.63, 3.8) is 0 Å². The number of carbonyl (C=O) groups excluding carboxylic acids is 2. The third-order valence-electron chi connectivity index (χ3n) is 5.80. The van der Waals surface area contributed by atoms with E-state index in [4.69, 9.17) is 9.47 Å². The van der Waals surface area contributed by atoms with Crippen molar-refractivity contribution in [2.24, 2.45) is 0 Å². The molecule has 0 saturated carbocycles. The van der Waals surface area contributed by atoms with E-state index < -0.39 is 0 Å². The van der Waals surface area contributed by atoms with E-state index in [0.717, 1.165) is 39.2 Å². The second kappa shape index (κ2) is 10.1. The standard InChI is InChI=1S/C29H23NO4S/c1-33-26-16-21(14-15-25(26)34-19-20-8-3-2-4-9-20)17-27-28(31)30(29(32)35-27)18-23-12-7-11-22-10-5-6-13-24(22)23/h2-17H,18-19H2,1H3/b27-17-. The van der Waals surface area contributed by atoms with Crippen LogP contribution in [0.15, 0.2) is 95.9 Å². The molecule has 35 heavy (non-hydrogen) atoms. The first-order valence-corrected chi connectivity index (χ1v) is 12.0. The van der Waals surface area contributed by atoms with Crippen molar-refractivity contribution in [2.75, 3.05) is 7.11 Å². The average molecular weight is 482 g/mol. The molecule has 0 atom stereocenters. The summed E-state index contributed by atoms with van der Waals surface area (Å²) in [6, 6.07) is 29.2. The van der Waals surface area contributed by atoms with Gasteiger partial charge in [0.2, 0.25) is 0 Å². The average Bonchev–Trinajstić information content (AvgIpc) is 3.15. The highest BCUT2D eigenvalue weighted by Crippen LogP contribution is 2.36. The maximum absolute atomic E-state index is 13.1. The maximum Gasteiger partial charge on any atom is 0.293 e. The van der Waals surface area contributed by atoms with E-state index in [1.54, 1.807) is 19.3 Å². The molecular formula is C29H23NO4S. The Morgan fingerprint density at radius 3 is 2.46 bits per heavy atom. The van der Waals surface area contributed by atoms with Crippen molar-refractivity contribution in [2.45, 2.75) is 13.2 Å². The third kappa shape index (κ3) is 4.93. The first kappa shape index (κ1) is 22.7. The molecule has 0 radical (unpaired) electrons. The number of thioether (sulfide) groups is 1. The van der Waals surface area contributed by atoms with E-state index in [1.807, 2.05) is 84.9 Å². The predicted molar refractivity (Wildman–Crippen MR) is 139 cm³/mol. The normalized spacial score (nSPS) is 14.7. The summed E-state index contributed by atoms with van der Waals surface area (Å²) in [6.45, 7) is 0.655. The van der Waals surface area contributed by atoms with E-state index in [0.29, 0.717) is 23.0 Å². The highest BCUT2D eigenvalue weighted by atomic mass is 32.2. The van der Waals surface area contributed by atoms with Gasteiger partial charge in [-0.15, -0.1) is 0 Å². The van der Waals surface area contributed by atoms with Crippen molar-refractivity contribution in [1.29, 1.82) is 0 Å². The molecule has 0 N–H and O–H groups in total. The van der Waals surface area contributed by atoms with Gasteiger partial charge in [-0.1, -0.05) is 78.9 Å². The summed E-state index contributed by atoms with van der Waals surface area (Å²) in [5.41, 5.74) is 2.75. The Kier molecular flexibility index (Phi) is 6.55. The van der Waals surface area contributed by atoms with Crippen LogP contribution >= 0.6 is 11.8 Å². The molecule has 1 aliphatic heterocycles. The minimum Gasteiger partial charge on any atom is -0.493 e. The Morgan fingerprint density at radius 2 is 1.63 bits per heavy atom. The number of benzene rings is 4. The number of ether oxygens (including phenoxy) is 2. The van der Waals surface area contributed by atoms with Crippen LogP contribution in [-0.2, 0) is 17.9 Å². The lowest BCUT2D eigenvalue weighted by molar-refractivity contribution is -0.123. The summed E-state index contributed by atoms with van der Waals surface area (Å²) < 4.78 is 11.4. The summed E-state index contributed by atoms with van der Waals surface area (Å²) in [5, 5.41) is 1.84. The minimum absolute atomic E-state index is 0.235. The molecule has 4 aromatic carbocycles. The quantitative estimate of drug-likeness (QED) is 0.276. The van der Waals surface area contributed by atoms with Crippen LogP contribution in [0.3, 0.4) is 0 Å². The summed E-state index contributed by atoms with van der Waals surface area (Å²) in [7, 11) is 1.58. The van der Waals surface area contributed by atoms with E-state index >= 15 is 0 Å². The second-order valence-electron chi connectivity index (χ2n) is 8.09. The monoisotopic (exact) mass is 481 g/mol. The van der Waals surface area contributed by atoms with Crippen LogP contribution in [0.4, 0.5) is 4.79 Å². The van der Waals surface area contributed by atoms with Crippen molar-refractivity contribution in [3.8, 4) is 11.5 Å². The van der Waals surface area contributed by atoms with Crippen molar-refractivity contribution < 1.29 is 19.1 Å². The largest absolute Gasteiger partial charge is 0.493 e. The number of nitrogens with zero attached hydrogens (tertiary/aromatic N) is 1. The smallest absolute Gasteiger partial charge is 0.293 e. The zero-order valence-electron chi connectivity index (χ0n) is 19.1. The van der Waals surface area contributed by atoms with Gasteiger partial charge in [-0.25, -0.2) is 0 Å². The van der Waals surface area contributed by atoms with Gasteiger partial charge in [-0.3, -0.25) is 14.5 Å². The molecule has 1 aliphatic rings. The van der Waals surface area contributed by atoms with Crippen LogP contribution in [-0.4, -0.2) is 23.2 Å². The lowest BCUT2D eigenvalue weighted by atomic mass is 10.0. The van der Waals surface area contributed by atoms with Crippen LogP contribution in [0.5, 0.6) is 11.5 Å². The molecule has 1 fully saturated rings. The number of hydrogen-bond donors (Lipinski definition) is 0. The van der Waals surface area contributed by atoms with Crippen molar-refractivity contribution >= 4 is 39.8 Å². The summed E-state index contributed by atoms with van der Waals surface area (Å²) in [4.78, 5) is 27.5. The molecule has 1 heterocycles. The molecule has 1 saturated heterocycles. The molecule has 5 nitrogen and oxygen atoms in total. The fourth-order valence-electron chi connectivity index (χ4n) is 4.02. The Labute approximate surface area is 208 Å². The summed E-state index contributed by atoms with van der Waals surface area (Å²) >= 11 is 0.953. The molecule has 2 amide bonds. The Morgan fingerprint density at radius 1 is 0.857 bits per heavy atom. The molecule has 0 aliphatic carbocycles. The van der Waals surface area contributed by atoms with Crippen LogP contribution < -0.4 is 9.47 Å². The van der Waals surface area contributed by atoms with Gasteiger partial charge in [0.1, 0.15) is 6.61 Å². The Bertz CT molecular complexity index is 1430. The fraction of sp³-hybridized carbons (Fsp3) is 0.103. The Hall–Kier alpha value is -4.03. The van der Waals surface area contributed by atoms with Gasteiger partial charge in [0, 0.05) is 0 Å². The first-order valence-electron chi connectivity index (χ1n) is 11.2. The lowest BCUT2D eigenvalue weighted by Crippen LogP contribution is -2.27. The number of hydrogen-bond acceptors (Lipinski definition) is 5. The van der Waals surface area contributed by atoms with E-state index in [2.05, 4.69) is 0 Å². The van der Waals surface area contributed by atoms with Gasteiger partial charge in [-0.05, 0) is 57.4 Å². The van der Waals surface area contributed by atoms with E-state index in [9.17, 15) is 9.59 Å². The summed E-state index contributed by atoms with van der Waals surface area (Å²) in [6.07, 6.45) is 1.72. The van der Waals surface area contributed by atoms with Gasteiger partial charge in [0.05, 0.1) is 18.6 Å². The van der Waals surface area contributed by atoms with Gasteiger partial charge in [0.15, 0.2) is 11.5 Å². The topological polar surface area (TPSA) is 55.8 Å². The SMILES string of the molecule is COc1cc(/C=C2\SC(=O)N(Cc3cccc4ccccc34)C2=O)ccc1OCc1ccccc1. The van der Waals surface area contributed by atoms with Crippen LogP contribution in [0.1, 0.15) is 16.7 Å². The number of imide groups is 1. The molecule has 0 unspecified atom stereocenters. The zero-order chi connectivity index (χ0) is 24.2. The Balaban J connectivity index is 1.34. The molecule has 6 heteroatoms. The van der Waals surface area contributed by atoms with E-state index in [1.165, 1.54) is 4.90 Å². The van der Waals surface area contributed by atoms with Crippen molar-refractivity contribution in [3.05, 3.63) is 113 Å². The number of carbonyl (C=O) groups is 2. The molecule has 5 rings (SSSR count). The van der Waals surface area contributed by atoms with Crippen LogP contribution in [0.2, 0.25) is 0 Å². The number of fused-ring (bicyclic) bond motifs is 1. The fourth-order valence-corrected chi connectivity index (χ4v) is 4.86. The molecule has 0 spiro atoms. The third-order valence-corrected chi connectivity index (χ3v) is 6.71. The number of amides is 2. The van der Waals surface area contributed by atoms with Gasteiger partial charge < -0.3 is 9.47 Å². The molecule has 0 aromatic heterocycles. The minimum atomic E-state index is -0.295. The second-order valence-corrected chi connectivity index (χ2v) is 9.08. The van der Waals surface area contributed by atoms with Gasteiger partial charge >= 0.3 is 0 Å². The molecule has 0 bridgehead atoms. The number of methoxy groups -OCH3 is 1.